The Hall–Kier alpha value is -0.340. The van der Waals surface area contributed by atoms with Gasteiger partial charge in [0, 0.05) is 16.6 Å². The van der Waals surface area contributed by atoms with Gasteiger partial charge in [-0.15, -0.1) is 0 Å². The van der Waals surface area contributed by atoms with Gasteiger partial charge < -0.3 is 5.32 Å². The average Bonchev–Trinajstić information content (AvgIpc) is 2.37. The van der Waals surface area contributed by atoms with Crippen molar-refractivity contribution in [1.82, 2.24) is 5.32 Å². The molecule has 0 unspecified atom stereocenters. The lowest BCUT2D eigenvalue weighted by Crippen LogP contribution is -2.46. The first kappa shape index (κ1) is 13.6. The van der Waals surface area contributed by atoms with E-state index in [0.29, 0.717) is 0 Å². The molecule has 1 aromatic carbocycles. The summed E-state index contributed by atoms with van der Waals surface area (Å²) in [6.07, 6.45) is 8.23. The Balaban J connectivity index is 1.47. The van der Waals surface area contributed by atoms with Crippen molar-refractivity contribution < 1.29 is 0 Å². The van der Waals surface area contributed by atoms with E-state index in [0.717, 1.165) is 23.9 Å². The summed E-state index contributed by atoms with van der Waals surface area (Å²) in [4.78, 5) is 0. The van der Waals surface area contributed by atoms with E-state index < -0.39 is 0 Å². The van der Waals surface area contributed by atoms with E-state index in [1.54, 1.807) is 0 Å². The zero-order valence-electron chi connectivity index (χ0n) is 11.7. The topological polar surface area (TPSA) is 12.0 Å². The molecular formula is C17H24BrN. The van der Waals surface area contributed by atoms with E-state index in [-0.39, 0.29) is 0 Å². The van der Waals surface area contributed by atoms with Gasteiger partial charge in [0.2, 0.25) is 0 Å². The molecular weight excluding hydrogens is 298 g/mol. The minimum atomic E-state index is 0.760. The summed E-state index contributed by atoms with van der Waals surface area (Å²) in [5.41, 5.74) is 1.50. The maximum Gasteiger partial charge on any atom is 0.0210 e. The highest BCUT2D eigenvalue weighted by Crippen LogP contribution is 2.40. The van der Waals surface area contributed by atoms with Crippen molar-refractivity contribution in [2.45, 2.75) is 63.5 Å². The highest BCUT2D eigenvalue weighted by atomic mass is 79.9. The van der Waals surface area contributed by atoms with Crippen molar-refractivity contribution in [3.8, 4) is 0 Å². The van der Waals surface area contributed by atoms with Gasteiger partial charge in [0.15, 0.2) is 0 Å². The molecule has 0 radical (unpaired) electrons. The molecule has 2 aliphatic rings. The fraction of sp³-hybridized carbons (Fsp3) is 0.647. The average molecular weight is 322 g/mol. The summed E-state index contributed by atoms with van der Waals surface area (Å²) >= 11 is 3.68. The molecule has 0 amide bonds. The van der Waals surface area contributed by atoms with Gasteiger partial charge in [-0.05, 0) is 62.0 Å². The standard InChI is InChI=1S/C17H24BrN/c1-12-6-8-14(9-7-12)19-15-10-13(11-15)16-4-2-3-5-17(16)18/h2-5,12-15,19H,6-11H2,1H3. The minimum absolute atomic E-state index is 0.760. The molecule has 1 N–H and O–H groups in total. The summed E-state index contributed by atoms with van der Waals surface area (Å²) in [5.74, 6) is 1.71. The normalized spacial score (nSPS) is 34.8. The van der Waals surface area contributed by atoms with Crippen LogP contribution < -0.4 is 5.32 Å². The Morgan fingerprint density at radius 2 is 1.68 bits per heavy atom. The zero-order valence-corrected chi connectivity index (χ0v) is 13.3. The third-order valence-corrected chi connectivity index (χ3v) is 5.69. The maximum absolute atomic E-state index is 3.88. The molecule has 0 spiro atoms. The fourth-order valence-electron chi connectivity index (χ4n) is 3.57. The van der Waals surface area contributed by atoms with Gasteiger partial charge in [-0.25, -0.2) is 0 Å². The molecule has 2 saturated carbocycles. The molecule has 1 nitrogen and oxygen atoms in total. The van der Waals surface area contributed by atoms with Gasteiger partial charge in [0.05, 0.1) is 0 Å². The van der Waals surface area contributed by atoms with Crippen molar-refractivity contribution in [3.05, 3.63) is 34.3 Å². The molecule has 2 aliphatic carbocycles. The molecule has 0 aromatic heterocycles. The molecule has 2 fully saturated rings. The quantitative estimate of drug-likeness (QED) is 0.838. The van der Waals surface area contributed by atoms with Crippen molar-refractivity contribution in [1.29, 1.82) is 0 Å². The largest absolute Gasteiger partial charge is 0.311 e. The Morgan fingerprint density at radius 1 is 1.00 bits per heavy atom. The van der Waals surface area contributed by atoms with Crippen molar-refractivity contribution in [3.63, 3.8) is 0 Å². The molecule has 3 rings (SSSR count). The first-order chi connectivity index (χ1) is 9.22. The number of hydrogen-bond acceptors (Lipinski definition) is 1. The van der Waals surface area contributed by atoms with E-state index in [9.17, 15) is 0 Å². The van der Waals surface area contributed by atoms with Crippen LogP contribution in [-0.4, -0.2) is 12.1 Å². The van der Waals surface area contributed by atoms with Crippen molar-refractivity contribution >= 4 is 15.9 Å². The van der Waals surface area contributed by atoms with Gasteiger partial charge in [-0.2, -0.15) is 0 Å². The predicted molar refractivity (Wildman–Crippen MR) is 84.5 cm³/mol. The maximum atomic E-state index is 3.88. The second-order valence-electron chi connectivity index (χ2n) is 6.51. The Morgan fingerprint density at radius 3 is 2.37 bits per heavy atom. The van der Waals surface area contributed by atoms with Crippen molar-refractivity contribution in [2.75, 3.05) is 0 Å². The lowest BCUT2D eigenvalue weighted by Gasteiger charge is -2.40. The molecule has 0 bridgehead atoms. The summed E-state index contributed by atoms with van der Waals surface area (Å²) in [7, 11) is 0. The monoisotopic (exact) mass is 321 g/mol. The van der Waals surface area contributed by atoms with Gasteiger partial charge in [-0.3, -0.25) is 0 Å². The van der Waals surface area contributed by atoms with E-state index in [4.69, 9.17) is 0 Å². The molecule has 0 aliphatic heterocycles. The molecule has 0 saturated heterocycles. The molecule has 2 heteroatoms. The fourth-order valence-corrected chi connectivity index (χ4v) is 4.18. The third kappa shape index (κ3) is 3.22. The molecule has 19 heavy (non-hydrogen) atoms. The van der Waals surface area contributed by atoms with E-state index in [1.807, 2.05) is 0 Å². The van der Waals surface area contributed by atoms with E-state index in [1.165, 1.54) is 48.6 Å². The van der Waals surface area contributed by atoms with Gasteiger partial charge in [-0.1, -0.05) is 41.1 Å². The Bertz CT molecular complexity index is 417. The van der Waals surface area contributed by atoms with Crippen LogP contribution in [0.2, 0.25) is 0 Å². The van der Waals surface area contributed by atoms with Gasteiger partial charge in [0.1, 0.15) is 0 Å². The van der Waals surface area contributed by atoms with Gasteiger partial charge >= 0.3 is 0 Å². The highest BCUT2D eigenvalue weighted by molar-refractivity contribution is 9.10. The molecule has 1 aromatic rings. The highest BCUT2D eigenvalue weighted by Gasteiger charge is 2.33. The zero-order chi connectivity index (χ0) is 13.2. The summed E-state index contributed by atoms with van der Waals surface area (Å²) in [6.45, 7) is 2.39. The van der Waals surface area contributed by atoms with Crippen LogP contribution >= 0.6 is 15.9 Å². The number of nitrogens with one attached hydrogen (secondary N) is 1. The lowest BCUT2D eigenvalue weighted by molar-refractivity contribution is 0.221. The lowest BCUT2D eigenvalue weighted by atomic mass is 9.75. The molecule has 104 valence electrons. The van der Waals surface area contributed by atoms with Crippen LogP contribution in [0.25, 0.3) is 0 Å². The van der Waals surface area contributed by atoms with E-state index >= 15 is 0 Å². The Labute approximate surface area is 125 Å². The van der Waals surface area contributed by atoms with E-state index in [2.05, 4.69) is 52.4 Å². The summed E-state index contributed by atoms with van der Waals surface area (Å²) in [5, 5.41) is 3.88. The SMILES string of the molecule is CC1CCC(NC2CC(c3ccccc3Br)C2)CC1. The van der Waals surface area contributed by atoms with Crippen molar-refractivity contribution in [2.24, 2.45) is 5.92 Å². The minimum Gasteiger partial charge on any atom is -0.311 e. The number of hydrogen-bond donors (Lipinski definition) is 1. The second kappa shape index (κ2) is 5.97. The number of rotatable bonds is 3. The van der Waals surface area contributed by atoms with Crippen LogP contribution in [0.3, 0.4) is 0 Å². The van der Waals surface area contributed by atoms with Crippen LogP contribution in [0.15, 0.2) is 28.7 Å². The first-order valence-corrected chi connectivity index (χ1v) is 8.52. The Kier molecular flexibility index (Phi) is 4.28. The van der Waals surface area contributed by atoms with Crippen LogP contribution in [0, 0.1) is 5.92 Å². The van der Waals surface area contributed by atoms with Crippen LogP contribution in [0.5, 0.6) is 0 Å². The summed E-state index contributed by atoms with van der Waals surface area (Å²) in [6, 6.07) is 10.2. The van der Waals surface area contributed by atoms with Crippen LogP contribution in [-0.2, 0) is 0 Å². The van der Waals surface area contributed by atoms with Crippen LogP contribution in [0.4, 0.5) is 0 Å². The molecule has 0 heterocycles. The van der Waals surface area contributed by atoms with Gasteiger partial charge in [0.25, 0.3) is 0 Å². The predicted octanol–water partition coefficient (Wildman–Crippen LogP) is 4.86. The summed E-state index contributed by atoms with van der Waals surface area (Å²) < 4.78 is 1.28. The third-order valence-electron chi connectivity index (χ3n) is 4.97. The first-order valence-electron chi connectivity index (χ1n) is 7.73. The second-order valence-corrected chi connectivity index (χ2v) is 7.36. The number of benzene rings is 1. The molecule has 0 atom stereocenters. The van der Waals surface area contributed by atoms with Crippen LogP contribution in [0.1, 0.15) is 56.9 Å². The smallest absolute Gasteiger partial charge is 0.0210 e. The number of halogens is 1.